The molecule has 31 heavy (non-hydrogen) atoms. The first-order valence-electron chi connectivity index (χ1n) is 10.5. The molecule has 1 aromatic carbocycles. The lowest BCUT2D eigenvalue weighted by molar-refractivity contribution is -0.129. The van der Waals surface area contributed by atoms with E-state index < -0.39 is 0 Å². The number of nitrogens with one attached hydrogen (secondary N) is 1. The lowest BCUT2D eigenvalue weighted by Gasteiger charge is -2.38. The fourth-order valence-electron chi connectivity index (χ4n) is 3.91. The van der Waals surface area contributed by atoms with Gasteiger partial charge in [-0.15, -0.1) is 0 Å². The van der Waals surface area contributed by atoms with E-state index in [2.05, 4.69) is 15.4 Å². The topological polar surface area (TPSA) is 85.0 Å². The summed E-state index contributed by atoms with van der Waals surface area (Å²) >= 11 is 0. The number of carbonyl (C=O) groups is 2. The average Bonchev–Trinajstić information content (AvgIpc) is 3.29. The number of likely N-dealkylation sites (tertiary alicyclic amines) is 1. The van der Waals surface area contributed by atoms with Crippen LogP contribution in [0, 0.1) is 19.8 Å². The molecule has 0 aliphatic carbocycles. The second-order valence-electron chi connectivity index (χ2n) is 8.36. The second kappa shape index (κ2) is 8.75. The molecule has 1 unspecified atom stereocenters. The predicted octanol–water partition coefficient (Wildman–Crippen LogP) is 2.02. The van der Waals surface area contributed by atoms with Gasteiger partial charge in [0.25, 0.3) is 5.91 Å². The van der Waals surface area contributed by atoms with E-state index in [0.29, 0.717) is 31.7 Å². The minimum atomic E-state index is -0.166. The fraction of sp³-hybridized carbons (Fsp3) is 0.391. The molecule has 3 aromatic rings. The highest BCUT2D eigenvalue weighted by atomic mass is 16.2. The van der Waals surface area contributed by atoms with Gasteiger partial charge in [-0.3, -0.25) is 14.3 Å². The van der Waals surface area contributed by atoms with E-state index in [1.165, 1.54) is 0 Å². The summed E-state index contributed by atoms with van der Waals surface area (Å²) in [5.41, 5.74) is 3.73. The summed E-state index contributed by atoms with van der Waals surface area (Å²) in [5.74, 6) is -0.208. The number of hydrogen-bond acceptors (Lipinski definition) is 4. The smallest absolute Gasteiger partial charge is 0.253 e. The van der Waals surface area contributed by atoms with Crippen molar-refractivity contribution in [3.05, 3.63) is 71.6 Å². The molecule has 1 N–H and O–H groups in total. The molecule has 1 aliphatic rings. The Labute approximate surface area is 181 Å². The van der Waals surface area contributed by atoms with Crippen LogP contribution in [0.5, 0.6) is 0 Å². The summed E-state index contributed by atoms with van der Waals surface area (Å²) in [6, 6.07) is 9.61. The number of amides is 2. The second-order valence-corrected chi connectivity index (χ2v) is 8.36. The van der Waals surface area contributed by atoms with Gasteiger partial charge in [0, 0.05) is 49.3 Å². The first-order valence-corrected chi connectivity index (χ1v) is 10.5. The first kappa shape index (κ1) is 20.8. The SMILES string of the molecule is Cc1cc(C)n(CC(C)NC(=O)C2CN(C(=O)c3cccc(Cn4ccnc4)c3)C2)n1. The molecule has 4 rings (SSSR count). The lowest BCUT2D eigenvalue weighted by Crippen LogP contribution is -2.57. The highest BCUT2D eigenvalue weighted by Crippen LogP contribution is 2.20. The molecule has 0 spiro atoms. The Balaban J connectivity index is 1.28. The fourth-order valence-corrected chi connectivity index (χ4v) is 3.91. The summed E-state index contributed by atoms with van der Waals surface area (Å²) in [6.07, 6.45) is 5.38. The molecule has 1 aliphatic heterocycles. The van der Waals surface area contributed by atoms with Crippen molar-refractivity contribution < 1.29 is 9.59 Å². The van der Waals surface area contributed by atoms with Crippen molar-refractivity contribution in [3.63, 3.8) is 0 Å². The van der Waals surface area contributed by atoms with Crippen LogP contribution in [0.3, 0.4) is 0 Å². The van der Waals surface area contributed by atoms with Gasteiger partial charge in [0.15, 0.2) is 0 Å². The minimum Gasteiger partial charge on any atom is -0.351 e. The summed E-state index contributed by atoms with van der Waals surface area (Å²) in [7, 11) is 0. The van der Waals surface area contributed by atoms with Gasteiger partial charge in [-0.05, 0) is 44.5 Å². The molecule has 8 heteroatoms. The number of nitrogens with zero attached hydrogens (tertiary/aromatic N) is 5. The van der Waals surface area contributed by atoms with E-state index in [0.717, 1.165) is 17.0 Å². The maximum absolute atomic E-state index is 12.8. The Morgan fingerprint density at radius 3 is 2.71 bits per heavy atom. The Morgan fingerprint density at radius 1 is 1.23 bits per heavy atom. The maximum Gasteiger partial charge on any atom is 0.253 e. The van der Waals surface area contributed by atoms with E-state index in [1.807, 2.05) is 66.5 Å². The van der Waals surface area contributed by atoms with Crippen LogP contribution in [0.25, 0.3) is 0 Å². The lowest BCUT2D eigenvalue weighted by atomic mass is 9.97. The van der Waals surface area contributed by atoms with Crippen LogP contribution in [0.4, 0.5) is 0 Å². The van der Waals surface area contributed by atoms with Crippen LogP contribution in [0.1, 0.15) is 34.2 Å². The summed E-state index contributed by atoms with van der Waals surface area (Å²) in [6.45, 7) is 8.13. The quantitative estimate of drug-likeness (QED) is 0.634. The molecule has 1 atom stereocenters. The van der Waals surface area contributed by atoms with Gasteiger partial charge in [0.05, 0.1) is 24.5 Å². The highest BCUT2D eigenvalue weighted by molar-refractivity contribution is 5.96. The Hall–Kier alpha value is -3.42. The maximum atomic E-state index is 12.8. The van der Waals surface area contributed by atoms with Gasteiger partial charge in [0.2, 0.25) is 5.91 Å². The molecule has 8 nitrogen and oxygen atoms in total. The number of aryl methyl sites for hydroxylation is 2. The van der Waals surface area contributed by atoms with Crippen molar-refractivity contribution in [1.82, 2.24) is 29.5 Å². The first-order chi connectivity index (χ1) is 14.9. The van der Waals surface area contributed by atoms with Crippen LogP contribution in [-0.4, -0.2) is 55.2 Å². The standard InChI is InChI=1S/C23H28N6O2/c1-16-9-18(3)29(26-16)11-17(2)25-22(30)21-13-28(14-21)23(31)20-6-4-5-19(10-20)12-27-8-7-24-15-27/h4-10,15,17,21H,11-14H2,1-3H3,(H,25,30). The molecule has 2 amide bonds. The third kappa shape index (κ3) is 4.84. The number of carbonyl (C=O) groups excluding carboxylic acids is 2. The van der Waals surface area contributed by atoms with E-state index in [1.54, 1.807) is 17.4 Å². The number of aromatic nitrogens is 4. The zero-order valence-electron chi connectivity index (χ0n) is 18.2. The minimum absolute atomic E-state index is 0.00746. The summed E-state index contributed by atoms with van der Waals surface area (Å²) < 4.78 is 3.87. The molecule has 0 bridgehead atoms. The van der Waals surface area contributed by atoms with Crippen molar-refractivity contribution >= 4 is 11.8 Å². The molecule has 162 valence electrons. The van der Waals surface area contributed by atoms with Gasteiger partial charge in [-0.25, -0.2) is 4.98 Å². The summed E-state index contributed by atoms with van der Waals surface area (Å²) in [4.78, 5) is 31.2. The largest absolute Gasteiger partial charge is 0.351 e. The van der Waals surface area contributed by atoms with Crippen LogP contribution in [0.2, 0.25) is 0 Å². The van der Waals surface area contributed by atoms with Crippen molar-refractivity contribution in [2.24, 2.45) is 5.92 Å². The number of hydrogen-bond donors (Lipinski definition) is 1. The third-order valence-electron chi connectivity index (χ3n) is 5.58. The average molecular weight is 421 g/mol. The van der Waals surface area contributed by atoms with Gasteiger partial charge >= 0.3 is 0 Å². The van der Waals surface area contributed by atoms with Crippen molar-refractivity contribution in [2.45, 2.75) is 39.9 Å². The number of rotatable bonds is 7. The Kier molecular flexibility index (Phi) is 5.88. The number of benzene rings is 1. The highest BCUT2D eigenvalue weighted by Gasteiger charge is 2.36. The van der Waals surface area contributed by atoms with Crippen molar-refractivity contribution in [3.8, 4) is 0 Å². The van der Waals surface area contributed by atoms with Gasteiger partial charge in [-0.2, -0.15) is 5.10 Å². The molecular weight excluding hydrogens is 392 g/mol. The van der Waals surface area contributed by atoms with E-state index in [9.17, 15) is 9.59 Å². The Morgan fingerprint density at radius 2 is 2.03 bits per heavy atom. The van der Waals surface area contributed by atoms with Crippen LogP contribution in [0.15, 0.2) is 49.1 Å². The molecule has 2 aromatic heterocycles. The molecule has 1 saturated heterocycles. The molecule has 0 saturated carbocycles. The molecule has 0 radical (unpaired) electrons. The van der Waals surface area contributed by atoms with E-state index in [4.69, 9.17) is 0 Å². The zero-order valence-corrected chi connectivity index (χ0v) is 18.2. The van der Waals surface area contributed by atoms with Crippen molar-refractivity contribution in [2.75, 3.05) is 13.1 Å². The normalized spacial score (nSPS) is 14.9. The van der Waals surface area contributed by atoms with Crippen molar-refractivity contribution in [1.29, 1.82) is 0 Å². The monoisotopic (exact) mass is 420 g/mol. The predicted molar refractivity (Wildman–Crippen MR) is 116 cm³/mol. The van der Waals surface area contributed by atoms with Gasteiger partial charge < -0.3 is 14.8 Å². The molecular formula is C23H28N6O2. The zero-order chi connectivity index (χ0) is 22.0. The van der Waals surface area contributed by atoms with Gasteiger partial charge in [-0.1, -0.05) is 12.1 Å². The van der Waals surface area contributed by atoms with Crippen LogP contribution < -0.4 is 5.32 Å². The third-order valence-corrected chi connectivity index (χ3v) is 5.58. The molecule has 1 fully saturated rings. The molecule has 3 heterocycles. The summed E-state index contributed by atoms with van der Waals surface area (Å²) in [5, 5.41) is 7.50. The Bertz CT molecular complexity index is 1070. The van der Waals surface area contributed by atoms with E-state index in [-0.39, 0.29) is 23.8 Å². The number of imidazole rings is 1. The van der Waals surface area contributed by atoms with Crippen LogP contribution in [-0.2, 0) is 17.9 Å². The van der Waals surface area contributed by atoms with E-state index >= 15 is 0 Å². The van der Waals surface area contributed by atoms with Gasteiger partial charge in [0.1, 0.15) is 0 Å². The van der Waals surface area contributed by atoms with Crippen LogP contribution >= 0.6 is 0 Å².